The molecule has 0 aromatic carbocycles. The minimum Gasteiger partial charge on any atom is -0.303 e. The molecule has 1 saturated carbocycles. The Kier molecular flexibility index (Phi) is 4.49. The summed E-state index contributed by atoms with van der Waals surface area (Å²) < 4.78 is 1.99. The van der Waals surface area contributed by atoms with Gasteiger partial charge in [-0.2, -0.15) is 5.10 Å². The van der Waals surface area contributed by atoms with Gasteiger partial charge in [-0.15, -0.1) is 0 Å². The SMILES string of the molecule is c1ncn(C[C@@H]2CCCN(CC3CCCCC3)C2)n1. The standard InChI is InChI=1S/C15H26N4/c1-2-5-14(6-3-1)9-18-8-4-7-15(10-18)11-19-13-16-12-17-19/h12-15H,1-11H2/t15-/m1/s1. The van der Waals surface area contributed by atoms with E-state index >= 15 is 0 Å². The van der Waals surface area contributed by atoms with Gasteiger partial charge in [0.25, 0.3) is 0 Å². The minimum atomic E-state index is 0.763. The molecule has 1 saturated heterocycles. The zero-order valence-electron chi connectivity index (χ0n) is 11.9. The van der Waals surface area contributed by atoms with Crippen molar-refractivity contribution in [3.63, 3.8) is 0 Å². The van der Waals surface area contributed by atoms with Crippen molar-refractivity contribution in [2.45, 2.75) is 51.5 Å². The lowest BCUT2D eigenvalue weighted by Gasteiger charge is -2.36. The second kappa shape index (κ2) is 6.51. The fourth-order valence-electron chi connectivity index (χ4n) is 3.79. The van der Waals surface area contributed by atoms with E-state index in [1.54, 1.807) is 6.33 Å². The zero-order valence-corrected chi connectivity index (χ0v) is 11.9. The first-order chi connectivity index (χ1) is 9.40. The van der Waals surface area contributed by atoms with Gasteiger partial charge in [0.2, 0.25) is 0 Å². The van der Waals surface area contributed by atoms with Gasteiger partial charge in [0, 0.05) is 19.6 Å². The molecule has 1 aromatic heterocycles. The molecule has 4 nitrogen and oxygen atoms in total. The van der Waals surface area contributed by atoms with Crippen LogP contribution < -0.4 is 0 Å². The molecule has 0 radical (unpaired) electrons. The molecular weight excluding hydrogens is 236 g/mol. The average Bonchev–Trinajstić information content (AvgIpc) is 2.93. The van der Waals surface area contributed by atoms with Gasteiger partial charge in [0.15, 0.2) is 0 Å². The first-order valence-electron chi connectivity index (χ1n) is 7.95. The Morgan fingerprint density at radius 3 is 2.58 bits per heavy atom. The topological polar surface area (TPSA) is 34.0 Å². The quantitative estimate of drug-likeness (QED) is 0.836. The molecule has 2 fully saturated rings. The molecule has 0 bridgehead atoms. The normalized spacial score (nSPS) is 26.6. The molecule has 0 amide bonds. The van der Waals surface area contributed by atoms with Crippen molar-refractivity contribution in [2.75, 3.05) is 19.6 Å². The molecule has 1 aliphatic heterocycles. The van der Waals surface area contributed by atoms with Crippen LogP contribution in [0.3, 0.4) is 0 Å². The highest BCUT2D eigenvalue weighted by molar-refractivity contribution is 4.77. The molecule has 0 unspecified atom stereocenters. The summed E-state index contributed by atoms with van der Waals surface area (Å²) in [6.07, 6.45) is 13.5. The van der Waals surface area contributed by atoms with Gasteiger partial charge in [-0.25, -0.2) is 4.98 Å². The average molecular weight is 262 g/mol. The third-order valence-corrected chi connectivity index (χ3v) is 4.76. The van der Waals surface area contributed by atoms with E-state index in [1.165, 1.54) is 64.6 Å². The van der Waals surface area contributed by atoms with Crippen LogP contribution in [0.2, 0.25) is 0 Å². The molecule has 106 valence electrons. The van der Waals surface area contributed by atoms with Crippen LogP contribution in [0.5, 0.6) is 0 Å². The number of aromatic nitrogens is 3. The lowest BCUT2D eigenvalue weighted by Crippen LogP contribution is -2.40. The van der Waals surface area contributed by atoms with Crippen molar-refractivity contribution in [3.8, 4) is 0 Å². The number of nitrogens with zero attached hydrogens (tertiary/aromatic N) is 4. The van der Waals surface area contributed by atoms with Crippen LogP contribution in [-0.2, 0) is 6.54 Å². The number of hydrogen-bond donors (Lipinski definition) is 0. The highest BCUT2D eigenvalue weighted by Gasteiger charge is 2.23. The van der Waals surface area contributed by atoms with Crippen molar-refractivity contribution in [3.05, 3.63) is 12.7 Å². The van der Waals surface area contributed by atoms with Crippen molar-refractivity contribution < 1.29 is 0 Å². The molecule has 19 heavy (non-hydrogen) atoms. The van der Waals surface area contributed by atoms with E-state index in [1.807, 2.05) is 11.0 Å². The van der Waals surface area contributed by atoms with E-state index in [9.17, 15) is 0 Å². The molecule has 0 N–H and O–H groups in total. The van der Waals surface area contributed by atoms with Gasteiger partial charge in [-0.3, -0.25) is 4.68 Å². The largest absolute Gasteiger partial charge is 0.303 e. The predicted molar refractivity (Wildman–Crippen MR) is 75.8 cm³/mol. The maximum absolute atomic E-state index is 4.24. The smallest absolute Gasteiger partial charge is 0.137 e. The molecule has 1 aromatic rings. The molecule has 0 spiro atoms. The van der Waals surface area contributed by atoms with E-state index in [0.717, 1.165) is 18.4 Å². The minimum absolute atomic E-state index is 0.763. The van der Waals surface area contributed by atoms with Crippen molar-refractivity contribution >= 4 is 0 Å². The monoisotopic (exact) mass is 262 g/mol. The van der Waals surface area contributed by atoms with Gasteiger partial charge < -0.3 is 4.90 Å². The zero-order chi connectivity index (χ0) is 12.9. The third-order valence-electron chi connectivity index (χ3n) is 4.76. The Hall–Kier alpha value is -0.900. The second-order valence-electron chi connectivity index (χ2n) is 6.39. The maximum Gasteiger partial charge on any atom is 0.137 e. The van der Waals surface area contributed by atoms with E-state index in [-0.39, 0.29) is 0 Å². The Bertz CT molecular complexity index is 356. The second-order valence-corrected chi connectivity index (χ2v) is 6.39. The number of piperidine rings is 1. The first kappa shape index (κ1) is 13.1. The van der Waals surface area contributed by atoms with Gasteiger partial charge in [0.1, 0.15) is 12.7 Å². The number of rotatable bonds is 4. The van der Waals surface area contributed by atoms with Gasteiger partial charge >= 0.3 is 0 Å². The van der Waals surface area contributed by atoms with Crippen LogP contribution in [-0.4, -0.2) is 39.3 Å². The Labute approximate surface area is 116 Å². The van der Waals surface area contributed by atoms with Crippen LogP contribution >= 0.6 is 0 Å². The van der Waals surface area contributed by atoms with Crippen LogP contribution in [0.4, 0.5) is 0 Å². The summed E-state index contributed by atoms with van der Waals surface area (Å²) in [6.45, 7) is 4.95. The maximum atomic E-state index is 4.24. The van der Waals surface area contributed by atoms with Gasteiger partial charge in [-0.1, -0.05) is 19.3 Å². The summed E-state index contributed by atoms with van der Waals surface area (Å²) in [7, 11) is 0. The Balaban J connectivity index is 1.47. The summed E-state index contributed by atoms with van der Waals surface area (Å²) in [4.78, 5) is 6.75. The van der Waals surface area contributed by atoms with Crippen molar-refractivity contribution in [1.29, 1.82) is 0 Å². The van der Waals surface area contributed by atoms with Crippen molar-refractivity contribution in [2.24, 2.45) is 11.8 Å². The molecule has 1 aliphatic carbocycles. The molecular formula is C15H26N4. The van der Waals surface area contributed by atoms with E-state index < -0.39 is 0 Å². The summed E-state index contributed by atoms with van der Waals surface area (Å²) in [5, 5.41) is 4.24. The highest BCUT2D eigenvalue weighted by atomic mass is 15.3. The highest BCUT2D eigenvalue weighted by Crippen LogP contribution is 2.26. The lowest BCUT2D eigenvalue weighted by atomic mass is 9.88. The van der Waals surface area contributed by atoms with E-state index in [0.29, 0.717) is 0 Å². The Morgan fingerprint density at radius 1 is 0.947 bits per heavy atom. The molecule has 3 rings (SSSR count). The third kappa shape index (κ3) is 3.78. The molecule has 2 heterocycles. The fourth-order valence-corrected chi connectivity index (χ4v) is 3.79. The van der Waals surface area contributed by atoms with Crippen LogP contribution in [0.15, 0.2) is 12.7 Å². The summed E-state index contributed by atoms with van der Waals surface area (Å²) in [5.41, 5.74) is 0. The van der Waals surface area contributed by atoms with Crippen molar-refractivity contribution in [1.82, 2.24) is 19.7 Å². The first-order valence-corrected chi connectivity index (χ1v) is 7.95. The molecule has 2 aliphatic rings. The fraction of sp³-hybridized carbons (Fsp3) is 0.867. The van der Waals surface area contributed by atoms with Crippen LogP contribution in [0, 0.1) is 11.8 Å². The van der Waals surface area contributed by atoms with Gasteiger partial charge in [0.05, 0.1) is 0 Å². The summed E-state index contributed by atoms with van der Waals surface area (Å²) >= 11 is 0. The van der Waals surface area contributed by atoms with Crippen LogP contribution in [0.1, 0.15) is 44.9 Å². The number of likely N-dealkylation sites (tertiary alicyclic amines) is 1. The molecule has 4 heteroatoms. The lowest BCUT2D eigenvalue weighted by molar-refractivity contribution is 0.128. The predicted octanol–water partition coefficient (Wildman–Crippen LogP) is 2.57. The number of hydrogen-bond acceptors (Lipinski definition) is 3. The van der Waals surface area contributed by atoms with Crippen LogP contribution in [0.25, 0.3) is 0 Å². The van der Waals surface area contributed by atoms with E-state index in [4.69, 9.17) is 0 Å². The summed E-state index contributed by atoms with van der Waals surface area (Å²) in [5.74, 6) is 1.73. The summed E-state index contributed by atoms with van der Waals surface area (Å²) in [6, 6.07) is 0. The molecule has 1 atom stereocenters. The van der Waals surface area contributed by atoms with Gasteiger partial charge in [-0.05, 0) is 44.1 Å². The Morgan fingerprint density at radius 2 is 1.79 bits per heavy atom. The van der Waals surface area contributed by atoms with E-state index in [2.05, 4.69) is 15.0 Å².